The maximum absolute atomic E-state index is 12.0. The van der Waals surface area contributed by atoms with E-state index in [1.54, 1.807) is 12.1 Å². The van der Waals surface area contributed by atoms with Crippen LogP contribution in [0.15, 0.2) is 24.4 Å². The summed E-state index contributed by atoms with van der Waals surface area (Å²) in [6, 6.07) is 3.56. The van der Waals surface area contributed by atoms with Crippen molar-refractivity contribution < 1.29 is 4.79 Å². The first-order chi connectivity index (χ1) is 12.9. The number of nitrogens with zero attached hydrogens (tertiary/aromatic N) is 2. The summed E-state index contributed by atoms with van der Waals surface area (Å²) in [4.78, 5) is 19.0. The smallest absolute Gasteiger partial charge is 0.252 e. The highest BCUT2D eigenvalue weighted by Gasteiger charge is 2.40. The first kappa shape index (κ1) is 21.2. The van der Waals surface area contributed by atoms with Crippen LogP contribution in [0.25, 0.3) is 0 Å². The molecule has 0 radical (unpaired) electrons. The normalized spacial score (nSPS) is 19.0. The minimum atomic E-state index is -0.441. The Morgan fingerprint density at radius 2 is 2.15 bits per heavy atom. The van der Waals surface area contributed by atoms with Crippen LogP contribution in [0.3, 0.4) is 0 Å². The van der Waals surface area contributed by atoms with E-state index in [4.69, 9.17) is 10.7 Å². The maximum atomic E-state index is 12.0. The van der Waals surface area contributed by atoms with E-state index in [2.05, 4.69) is 34.7 Å². The zero-order valence-electron chi connectivity index (χ0n) is 17.0. The number of nitrogens with one attached hydrogen (secondary N) is 3. The van der Waals surface area contributed by atoms with Crippen molar-refractivity contribution in [2.24, 2.45) is 11.7 Å². The van der Waals surface area contributed by atoms with Gasteiger partial charge in [0.25, 0.3) is 5.91 Å². The number of hydrogen-bond acceptors (Lipinski definition) is 6. The summed E-state index contributed by atoms with van der Waals surface area (Å²) >= 11 is 0. The summed E-state index contributed by atoms with van der Waals surface area (Å²) in [5, 5.41) is 9.43. The Balaban J connectivity index is 2.23. The molecule has 0 saturated carbocycles. The molecular weight excluding hydrogens is 340 g/mol. The Hall–Kier alpha value is -2.12. The average Bonchev–Trinajstić information content (AvgIpc) is 2.93. The van der Waals surface area contributed by atoms with Gasteiger partial charge in [-0.25, -0.2) is 4.98 Å². The van der Waals surface area contributed by atoms with E-state index in [1.807, 2.05) is 26.4 Å². The number of amides is 1. The van der Waals surface area contributed by atoms with Crippen LogP contribution < -0.4 is 26.6 Å². The number of hydrogen-bond donors (Lipinski definition) is 4. The second kappa shape index (κ2) is 9.71. The van der Waals surface area contributed by atoms with Gasteiger partial charge in [-0.3, -0.25) is 4.79 Å². The van der Waals surface area contributed by atoms with Crippen LogP contribution in [0.4, 0.5) is 11.6 Å². The Morgan fingerprint density at radius 3 is 2.81 bits per heavy atom. The molecule has 1 aromatic rings. The monoisotopic (exact) mass is 374 g/mol. The fourth-order valence-corrected chi connectivity index (χ4v) is 3.77. The molecule has 27 heavy (non-hydrogen) atoms. The van der Waals surface area contributed by atoms with Crippen LogP contribution >= 0.6 is 0 Å². The zero-order valence-corrected chi connectivity index (χ0v) is 17.0. The fraction of sp³-hybridized carbons (Fsp3) is 0.600. The molecule has 0 aromatic carbocycles. The van der Waals surface area contributed by atoms with Gasteiger partial charge in [-0.05, 0) is 78.0 Å². The summed E-state index contributed by atoms with van der Waals surface area (Å²) in [7, 11) is 3.88. The number of likely N-dealkylation sites (N-methyl/N-ethyl adjacent to an activating group) is 1. The first-order valence-corrected chi connectivity index (χ1v) is 9.68. The number of nitrogens with two attached hydrogens (primary N) is 1. The summed E-state index contributed by atoms with van der Waals surface area (Å²) in [5.41, 5.74) is 6.05. The molecule has 7 nitrogen and oxygen atoms in total. The molecule has 0 aliphatic carbocycles. The van der Waals surface area contributed by atoms with Crippen LogP contribution in [-0.2, 0) is 0 Å². The molecule has 7 heteroatoms. The lowest BCUT2D eigenvalue weighted by atomic mass is 9.93. The second-order valence-electron chi connectivity index (χ2n) is 7.78. The Morgan fingerprint density at radius 1 is 1.37 bits per heavy atom. The molecule has 1 fully saturated rings. The van der Waals surface area contributed by atoms with Crippen molar-refractivity contribution in [2.45, 2.75) is 38.6 Å². The van der Waals surface area contributed by atoms with E-state index in [0.29, 0.717) is 23.1 Å². The molecule has 0 spiro atoms. The van der Waals surface area contributed by atoms with Gasteiger partial charge in [-0.2, -0.15) is 0 Å². The summed E-state index contributed by atoms with van der Waals surface area (Å²) in [6.45, 7) is 7.12. The van der Waals surface area contributed by atoms with E-state index >= 15 is 0 Å². The van der Waals surface area contributed by atoms with E-state index in [1.165, 1.54) is 0 Å². The van der Waals surface area contributed by atoms with Gasteiger partial charge in [0.1, 0.15) is 11.6 Å². The molecule has 1 amide bonds. The zero-order chi connectivity index (χ0) is 19.9. The van der Waals surface area contributed by atoms with Crippen LogP contribution in [0, 0.1) is 5.92 Å². The molecule has 1 aliphatic heterocycles. The van der Waals surface area contributed by atoms with Gasteiger partial charge in [-0.1, -0.05) is 6.08 Å². The number of primary amides is 1. The van der Waals surface area contributed by atoms with E-state index in [0.717, 1.165) is 38.9 Å². The van der Waals surface area contributed by atoms with Gasteiger partial charge in [0.05, 0.1) is 5.56 Å². The number of aromatic nitrogens is 1. The molecule has 1 unspecified atom stereocenters. The van der Waals surface area contributed by atoms with Crippen molar-refractivity contribution in [1.82, 2.24) is 15.6 Å². The summed E-state index contributed by atoms with van der Waals surface area (Å²) in [6.07, 6.45) is 7.22. The molecule has 1 saturated heterocycles. The molecule has 1 aromatic heterocycles. The third-order valence-electron chi connectivity index (χ3n) is 5.07. The molecule has 1 atom stereocenters. The van der Waals surface area contributed by atoms with Crippen molar-refractivity contribution >= 4 is 17.5 Å². The van der Waals surface area contributed by atoms with E-state index in [9.17, 15) is 4.79 Å². The number of carbonyl (C=O) groups excluding carboxylic acids is 1. The highest BCUT2D eigenvalue weighted by Crippen LogP contribution is 2.39. The van der Waals surface area contributed by atoms with Crippen molar-refractivity contribution in [3.05, 3.63) is 30.0 Å². The van der Waals surface area contributed by atoms with Crippen molar-refractivity contribution in [3.63, 3.8) is 0 Å². The van der Waals surface area contributed by atoms with Crippen molar-refractivity contribution in [3.8, 4) is 0 Å². The van der Waals surface area contributed by atoms with Gasteiger partial charge in [0, 0.05) is 18.6 Å². The van der Waals surface area contributed by atoms with Gasteiger partial charge < -0.3 is 26.6 Å². The Kier molecular flexibility index (Phi) is 7.62. The molecule has 5 N–H and O–H groups in total. The first-order valence-electron chi connectivity index (χ1n) is 9.68. The number of carbonyl (C=O) groups is 1. The molecule has 2 rings (SSSR count). The lowest BCUT2D eigenvalue weighted by Gasteiger charge is -2.33. The highest BCUT2D eigenvalue weighted by atomic mass is 16.1. The number of pyridine rings is 1. The topological polar surface area (TPSA) is 95.3 Å². The van der Waals surface area contributed by atoms with Gasteiger partial charge in [0.15, 0.2) is 0 Å². The predicted molar refractivity (Wildman–Crippen MR) is 112 cm³/mol. The average molecular weight is 375 g/mol. The van der Waals surface area contributed by atoms with Gasteiger partial charge in [-0.15, -0.1) is 0 Å². The Labute approximate surface area is 162 Å². The molecule has 1 aliphatic rings. The van der Waals surface area contributed by atoms with Gasteiger partial charge in [0.2, 0.25) is 0 Å². The minimum absolute atomic E-state index is 0.0674. The lowest BCUT2D eigenvalue weighted by Crippen LogP contribution is -2.40. The van der Waals surface area contributed by atoms with E-state index < -0.39 is 5.91 Å². The van der Waals surface area contributed by atoms with E-state index in [-0.39, 0.29) is 5.54 Å². The maximum Gasteiger partial charge on any atom is 0.252 e. The SMILES string of the molecule is CNC/C=C\Nc1ccc(C(N)=O)c(N2CC(CCCNC)CC2(C)C)n1. The lowest BCUT2D eigenvalue weighted by molar-refractivity contribution is 0.100. The van der Waals surface area contributed by atoms with Crippen LogP contribution in [0.1, 0.15) is 43.5 Å². The second-order valence-corrected chi connectivity index (χ2v) is 7.78. The third kappa shape index (κ3) is 5.68. The number of anilines is 2. The van der Waals surface area contributed by atoms with Crippen LogP contribution in [0.5, 0.6) is 0 Å². The number of rotatable bonds is 10. The standard InChI is InChI=1S/C20H34N6O/c1-20(2)13-15(7-5-10-22-3)14-26(20)19-16(18(21)27)8-9-17(25-19)24-12-6-11-23-4/h6,8-9,12,15,22-23H,5,7,10-11,13-14H2,1-4H3,(H2,21,27)(H,24,25)/b12-6-. The van der Waals surface area contributed by atoms with Crippen molar-refractivity contribution in [2.75, 3.05) is 43.9 Å². The van der Waals surface area contributed by atoms with Crippen LogP contribution in [-0.4, -0.2) is 50.2 Å². The molecule has 150 valence electrons. The molecular formula is C20H34N6O. The van der Waals surface area contributed by atoms with Gasteiger partial charge >= 0.3 is 0 Å². The Bertz CT molecular complexity index is 658. The largest absolute Gasteiger partial charge is 0.365 e. The quantitative estimate of drug-likeness (QED) is 0.468. The highest BCUT2D eigenvalue weighted by molar-refractivity contribution is 5.98. The fourth-order valence-electron chi connectivity index (χ4n) is 3.77. The minimum Gasteiger partial charge on any atom is -0.365 e. The molecule has 2 heterocycles. The van der Waals surface area contributed by atoms with Crippen LogP contribution in [0.2, 0.25) is 0 Å². The third-order valence-corrected chi connectivity index (χ3v) is 5.07. The van der Waals surface area contributed by atoms with Crippen molar-refractivity contribution in [1.29, 1.82) is 0 Å². The molecule has 0 bridgehead atoms. The summed E-state index contributed by atoms with van der Waals surface area (Å²) < 4.78 is 0. The predicted octanol–water partition coefficient (Wildman–Crippen LogP) is 1.93. The summed E-state index contributed by atoms with van der Waals surface area (Å²) in [5.74, 6) is 1.53.